The fraction of sp³-hybridized carbons (Fsp3) is 0.526. The molecule has 1 fully saturated rings. The number of fused-ring (bicyclic) bond motifs is 1. The van der Waals surface area contributed by atoms with Crippen LogP contribution in [0.4, 0.5) is 0 Å². The van der Waals surface area contributed by atoms with Gasteiger partial charge >= 0.3 is 5.97 Å². The molecule has 0 amide bonds. The minimum atomic E-state index is -3.13. The fourth-order valence-electron chi connectivity index (χ4n) is 3.52. The summed E-state index contributed by atoms with van der Waals surface area (Å²) in [4.78, 5) is 14.7. The number of likely N-dealkylation sites (tertiary alicyclic amines) is 1. The summed E-state index contributed by atoms with van der Waals surface area (Å²) in [6.07, 6.45) is 3.06. The average molecular weight is 394 g/mol. The van der Waals surface area contributed by atoms with E-state index in [2.05, 4.69) is 9.62 Å². The van der Waals surface area contributed by atoms with Crippen molar-refractivity contribution in [1.29, 1.82) is 0 Å². The molecule has 3 rings (SSSR count). The van der Waals surface area contributed by atoms with E-state index in [0.717, 1.165) is 36.8 Å². The lowest BCUT2D eigenvalue weighted by Gasteiger charge is -2.31. The molecular weight excluding hydrogens is 366 g/mol. The van der Waals surface area contributed by atoms with Crippen LogP contribution in [0.5, 0.6) is 0 Å². The van der Waals surface area contributed by atoms with Crippen LogP contribution in [0.1, 0.15) is 23.3 Å². The molecule has 2 heterocycles. The molecule has 8 heteroatoms. The van der Waals surface area contributed by atoms with Gasteiger partial charge in [-0.3, -0.25) is 0 Å². The number of aryl methyl sites for hydroxylation is 1. The number of esters is 1. The van der Waals surface area contributed by atoms with Crippen molar-refractivity contribution in [3.8, 4) is 0 Å². The summed E-state index contributed by atoms with van der Waals surface area (Å²) in [6, 6.07) is 9.75. The van der Waals surface area contributed by atoms with Gasteiger partial charge in [-0.05, 0) is 44.0 Å². The van der Waals surface area contributed by atoms with E-state index in [1.54, 1.807) is 0 Å². The fourth-order valence-corrected chi connectivity index (χ4v) is 3.98. The third kappa shape index (κ3) is 5.31. The first-order chi connectivity index (χ1) is 12.8. The first-order valence-corrected chi connectivity index (χ1v) is 11.1. The topological polar surface area (TPSA) is 80.6 Å². The van der Waals surface area contributed by atoms with Gasteiger partial charge in [0.25, 0.3) is 0 Å². The van der Waals surface area contributed by atoms with Crippen molar-refractivity contribution in [2.24, 2.45) is 13.0 Å². The lowest BCUT2D eigenvalue weighted by Crippen LogP contribution is -2.40. The van der Waals surface area contributed by atoms with E-state index in [1.807, 2.05) is 41.9 Å². The quantitative estimate of drug-likeness (QED) is 0.723. The van der Waals surface area contributed by atoms with Crippen LogP contribution >= 0.6 is 0 Å². The van der Waals surface area contributed by atoms with Crippen molar-refractivity contribution in [2.45, 2.75) is 12.8 Å². The van der Waals surface area contributed by atoms with E-state index in [1.165, 1.54) is 6.26 Å². The molecule has 0 atom stereocenters. The maximum absolute atomic E-state index is 12.5. The predicted octanol–water partition coefficient (Wildman–Crippen LogP) is 1.60. The summed E-state index contributed by atoms with van der Waals surface area (Å²) in [5.74, 6) is 0.0660. The molecule has 7 nitrogen and oxygen atoms in total. The molecule has 1 saturated heterocycles. The third-order valence-corrected chi connectivity index (χ3v) is 5.84. The Morgan fingerprint density at radius 1 is 1.26 bits per heavy atom. The number of nitrogens with zero attached hydrogens (tertiary/aromatic N) is 2. The number of piperidine rings is 1. The zero-order valence-corrected chi connectivity index (χ0v) is 16.7. The first-order valence-electron chi connectivity index (χ1n) is 9.22. The second-order valence-corrected chi connectivity index (χ2v) is 9.03. The van der Waals surface area contributed by atoms with Crippen molar-refractivity contribution >= 4 is 26.9 Å². The molecular formula is C19H27N3O4S. The molecule has 1 aromatic carbocycles. The highest BCUT2D eigenvalue weighted by Gasteiger charge is 2.22. The van der Waals surface area contributed by atoms with Gasteiger partial charge in [0.05, 0.1) is 12.9 Å². The normalized spacial score (nSPS) is 16.7. The van der Waals surface area contributed by atoms with Gasteiger partial charge in [-0.15, -0.1) is 0 Å². The van der Waals surface area contributed by atoms with Crippen molar-refractivity contribution in [3.63, 3.8) is 0 Å². The van der Waals surface area contributed by atoms with Gasteiger partial charge in [0.1, 0.15) is 5.69 Å². The number of rotatable bonds is 7. The van der Waals surface area contributed by atoms with Crippen LogP contribution in [0.15, 0.2) is 30.3 Å². The summed E-state index contributed by atoms with van der Waals surface area (Å²) in [5.41, 5.74) is 1.58. The van der Waals surface area contributed by atoms with Crippen molar-refractivity contribution in [2.75, 3.05) is 39.0 Å². The smallest absolute Gasteiger partial charge is 0.354 e. The van der Waals surface area contributed by atoms with Gasteiger partial charge in [-0.2, -0.15) is 0 Å². The highest BCUT2D eigenvalue weighted by atomic mass is 32.2. The van der Waals surface area contributed by atoms with E-state index in [9.17, 15) is 13.2 Å². The summed E-state index contributed by atoms with van der Waals surface area (Å²) in [7, 11) is -1.25. The van der Waals surface area contributed by atoms with Crippen molar-refractivity contribution < 1.29 is 17.9 Å². The molecule has 1 N–H and O–H groups in total. The van der Waals surface area contributed by atoms with E-state index < -0.39 is 10.0 Å². The van der Waals surface area contributed by atoms with Crippen molar-refractivity contribution in [1.82, 2.24) is 14.2 Å². The number of sulfonamides is 1. The number of hydrogen-bond donors (Lipinski definition) is 1. The lowest BCUT2D eigenvalue weighted by atomic mass is 9.98. The molecule has 1 aromatic heterocycles. The number of hydrogen-bond acceptors (Lipinski definition) is 5. The highest BCUT2D eigenvalue weighted by molar-refractivity contribution is 7.88. The molecule has 2 aromatic rings. The Hall–Kier alpha value is -1.90. The number of aromatic nitrogens is 1. The Bertz CT molecular complexity index is 899. The van der Waals surface area contributed by atoms with E-state index in [4.69, 9.17) is 4.74 Å². The average Bonchev–Trinajstić information content (AvgIpc) is 2.97. The number of benzene rings is 1. The van der Waals surface area contributed by atoms with Crippen LogP contribution < -0.4 is 4.72 Å². The largest absolute Gasteiger partial charge is 0.461 e. The highest BCUT2D eigenvalue weighted by Crippen LogP contribution is 2.21. The number of carbonyl (C=O) groups excluding carboxylic acids is 1. The molecule has 0 radical (unpaired) electrons. The monoisotopic (exact) mass is 393 g/mol. The molecule has 1 aliphatic heterocycles. The number of para-hydroxylation sites is 1. The van der Waals surface area contributed by atoms with Crippen LogP contribution in [-0.2, 0) is 21.8 Å². The van der Waals surface area contributed by atoms with Gasteiger partial charge in [0.2, 0.25) is 10.0 Å². The summed E-state index contributed by atoms with van der Waals surface area (Å²) in [6.45, 7) is 3.34. The van der Waals surface area contributed by atoms with Gasteiger partial charge in [-0.25, -0.2) is 17.9 Å². The van der Waals surface area contributed by atoms with E-state index in [-0.39, 0.29) is 5.97 Å². The van der Waals surface area contributed by atoms with Gasteiger partial charge < -0.3 is 14.2 Å². The number of nitrogens with one attached hydrogen (secondary N) is 1. The molecule has 27 heavy (non-hydrogen) atoms. The summed E-state index contributed by atoms with van der Waals surface area (Å²) in [5, 5.41) is 1.03. The standard InChI is InChI=1S/C19H27N3O4S/c1-21-17-6-4-3-5-16(17)13-18(21)19(23)26-14-15-7-10-22(11-8-15)12-9-20-27(2,24)25/h3-6,13,15,20H,7-12,14H2,1-2H3. The number of carbonyl (C=O) groups is 1. The Balaban J connectivity index is 1.44. The minimum absolute atomic E-state index is 0.284. The molecule has 0 unspecified atom stereocenters. The Kier molecular flexibility index (Phi) is 6.18. The van der Waals surface area contributed by atoms with Crippen molar-refractivity contribution in [3.05, 3.63) is 36.0 Å². The van der Waals surface area contributed by atoms with Gasteiger partial charge in [0.15, 0.2) is 0 Å². The number of ether oxygens (including phenoxy) is 1. The Morgan fingerprint density at radius 3 is 2.63 bits per heavy atom. The summed E-state index contributed by atoms with van der Waals surface area (Å²) >= 11 is 0. The second kappa shape index (κ2) is 8.41. The lowest BCUT2D eigenvalue weighted by molar-refractivity contribution is 0.0364. The van der Waals surface area contributed by atoms with Crippen LogP contribution in [0, 0.1) is 5.92 Å². The molecule has 0 aliphatic carbocycles. The maximum atomic E-state index is 12.5. The summed E-state index contributed by atoms with van der Waals surface area (Å²) < 4.78 is 32.1. The van der Waals surface area contributed by atoms with Crippen LogP contribution in [0.25, 0.3) is 10.9 Å². The molecule has 0 spiro atoms. The third-order valence-electron chi connectivity index (χ3n) is 5.11. The van der Waals surface area contributed by atoms with Gasteiger partial charge in [0, 0.05) is 31.0 Å². The first kappa shape index (κ1) is 19.9. The molecule has 0 saturated carbocycles. The Labute approximate surface area is 160 Å². The molecule has 148 valence electrons. The predicted molar refractivity (Wildman–Crippen MR) is 105 cm³/mol. The second-order valence-electron chi connectivity index (χ2n) is 7.20. The van der Waals surface area contributed by atoms with E-state index in [0.29, 0.717) is 31.3 Å². The van der Waals surface area contributed by atoms with Crippen LogP contribution in [-0.4, -0.2) is 62.9 Å². The zero-order chi connectivity index (χ0) is 19.4. The SMILES string of the molecule is Cn1c(C(=O)OCC2CCN(CCNS(C)(=O)=O)CC2)cc2ccccc21. The van der Waals surface area contributed by atoms with E-state index >= 15 is 0 Å². The molecule has 1 aliphatic rings. The van der Waals surface area contributed by atoms with Gasteiger partial charge in [-0.1, -0.05) is 18.2 Å². The zero-order valence-electron chi connectivity index (χ0n) is 15.8. The minimum Gasteiger partial charge on any atom is -0.461 e. The van der Waals surface area contributed by atoms with Crippen LogP contribution in [0.2, 0.25) is 0 Å². The van der Waals surface area contributed by atoms with Crippen LogP contribution in [0.3, 0.4) is 0 Å². The molecule has 0 bridgehead atoms. The maximum Gasteiger partial charge on any atom is 0.354 e. The Morgan fingerprint density at radius 2 is 1.96 bits per heavy atom.